The zero-order valence-electron chi connectivity index (χ0n) is 9.96. The molecule has 0 radical (unpaired) electrons. The first-order valence-corrected chi connectivity index (χ1v) is 6.44. The van der Waals surface area contributed by atoms with Crippen molar-refractivity contribution in [2.24, 2.45) is 5.92 Å². The molecular weight excluding hydrogens is 212 g/mol. The van der Waals surface area contributed by atoms with E-state index in [-0.39, 0.29) is 5.91 Å². The average Bonchev–Trinajstić information content (AvgIpc) is 2.82. The Hall–Kier alpha value is -1.35. The van der Waals surface area contributed by atoms with Gasteiger partial charge in [0, 0.05) is 12.1 Å². The molecule has 1 saturated heterocycles. The zero-order chi connectivity index (χ0) is 11.7. The molecule has 2 aliphatic rings. The molecule has 17 heavy (non-hydrogen) atoms. The van der Waals surface area contributed by atoms with Crippen molar-refractivity contribution in [3.63, 3.8) is 0 Å². The van der Waals surface area contributed by atoms with Crippen molar-refractivity contribution in [2.75, 3.05) is 18.4 Å². The molecule has 1 amide bonds. The monoisotopic (exact) mass is 230 g/mol. The second-order valence-electron chi connectivity index (χ2n) is 5.05. The number of hydrogen-bond donors (Lipinski definition) is 2. The van der Waals surface area contributed by atoms with Crippen LogP contribution in [0.4, 0.5) is 5.69 Å². The summed E-state index contributed by atoms with van der Waals surface area (Å²) >= 11 is 0. The second-order valence-corrected chi connectivity index (χ2v) is 5.05. The standard InChI is InChI=1S/C14H18N2O/c17-14-5-4-12-11(2-1-3-13(12)16-14)8-10-6-7-15-9-10/h1-3,10,15H,4-9H2,(H,16,17). The van der Waals surface area contributed by atoms with E-state index in [4.69, 9.17) is 0 Å². The van der Waals surface area contributed by atoms with Gasteiger partial charge >= 0.3 is 0 Å². The van der Waals surface area contributed by atoms with Crippen LogP contribution in [-0.4, -0.2) is 19.0 Å². The molecule has 1 aromatic carbocycles. The summed E-state index contributed by atoms with van der Waals surface area (Å²) in [7, 11) is 0. The summed E-state index contributed by atoms with van der Waals surface area (Å²) in [5.41, 5.74) is 3.82. The van der Waals surface area contributed by atoms with Crippen LogP contribution in [0.1, 0.15) is 24.0 Å². The molecule has 3 nitrogen and oxygen atoms in total. The third-order valence-electron chi connectivity index (χ3n) is 3.82. The maximum absolute atomic E-state index is 11.4. The van der Waals surface area contributed by atoms with E-state index in [2.05, 4.69) is 22.8 Å². The highest BCUT2D eigenvalue weighted by atomic mass is 16.1. The molecule has 1 aromatic rings. The van der Waals surface area contributed by atoms with Crippen LogP contribution in [0, 0.1) is 5.92 Å². The van der Waals surface area contributed by atoms with Crippen LogP contribution in [0.2, 0.25) is 0 Å². The first kappa shape index (κ1) is 10.8. The predicted molar refractivity (Wildman–Crippen MR) is 68.1 cm³/mol. The number of nitrogens with one attached hydrogen (secondary N) is 2. The van der Waals surface area contributed by atoms with Crippen LogP contribution in [0.15, 0.2) is 18.2 Å². The summed E-state index contributed by atoms with van der Waals surface area (Å²) in [4.78, 5) is 11.4. The summed E-state index contributed by atoms with van der Waals surface area (Å²) in [5.74, 6) is 0.913. The molecule has 3 heteroatoms. The minimum atomic E-state index is 0.150. The quantitative estimate of drug-likeness (QED) is 0.812. The maximum atomic E-state index is 11.4. The van der Waals surface area contributed by atoms with E-state index in [0.717, 1.165) is 37.5 Å². The van der Waals surface area contributed by atoms with Gasteiger partial charge in [0.05, 0.1) is 0 Å². The van der Waals surface area contributed by atoms with Crippen molar-refractivity contribution in [3.8, 4) is 0 Å². The van der Waals surface area contributed by atoms with E-state index >= 15 is 0 Å². The molecule has 0 spiro atoms. The molecular formula is C14H18N2O. The minimum Gasteiger partial charge on any atom is -0.326 e. The minimum absolute atomic E-state index is 0.150. The lowest BCUT2D eigenvalue weighted by Crippen LogP contribution is -2.21. The molecule has 90 valence electrons. The Morgan fingerprint density at radius 3 is 3.06 bits per heavy atom. The first-order chi connectivity index (χ1) is 8.33. The van der Waals surface area contributed by atoms with E-state index in [0.29, 0.717) is 6.42 Å². The van der Waals surface area contributed by atoms with Gasteiger partial charge in [-0.3, -0.25) is 4.79 Å². The molecule has 1 atom stereocenters. The van der Waals surface area contributed by atoms with Crippen molar-refractivity contribution in [3.05, 3.63) is 29.3 Å². The van der Waals surface area contributed by atoms with Crippen LogP contribution in [0.25, 0.3) is 0 Å². The fourth-order valence-corrected chi connectivity index (χ4v) is 2.89. The Balaban J connectivity index is 1.84. The lowest BCUT2D eigenvalue weighted by atomic mass is 9.90. The third-order valence-corrected chi connectivity index (χ3v) is 3.82. The number of fused-ring (bicyclic) bond motifs is 1. The first-order valence-electron chi connectivity index (χ1n) is 6.44. The lowest BCUT2D eigenvalue weighted by molar-refractivity contribution is -0.116. The number of carbonyl (C=O) groups excluding carboxylic acids is 1. The largest absolute Gasteiger partial charge is 0.326 e. The summed E-state index contributed by atoms with van der Waals surface area (Å²) in [5, 5.41) is 6.38. The molecule has 0 aromatic heterocycles. The van der Waals surface area contributed by atoms with Gasteiger partial charge in [0.25, 0.3) is 0 Å². The highest BCUT2D eigenvalue weighted by Gasteiger charge is 2.20. The topological polar surface area (TPSA) is 41.1 Å². The van der Waals surface area contributed by atoms with E-state index < -0.39 is 0 Å². The summed E-state index contributed by atoms with van der Waals surface area (Å²) in [6.45, 7) is 2.28. The highest BCUT2D eigenvalue weighted by molar-refractivity contribution is 5.94. The molecule has 1 fully saturated rings. The molecule has 2 aliphatic heterocycles. The predicted octanol–water partition coefficient (Wildman–Crippen LogP) is 1.72. The fraction of sp³-hybridized carbons (Fsp3) is 0.500. The maximum Gasteiger partial charge on any atom is 0.224 e. The van der Waals surface area contributed by atoms with Crippen molar-refractivity contribution in [1.29, 1.82) is 0 Å². The Morgan fingerprint density at radius 2 is 2.24 bits per heavy atom. The summed E-state index contributed by atoms with van der Waals surface area (Å²) < 4.78 is 0. The SMILES string of the molecule is O=C1CCc2c(CC3CCNC3)cccc2N1. The van der Waals surface area contributed by atoms with Crippen molar-refractivity contribution in [1.82, 2.24) is 5.32 Å². The van der Waals surface area contributed by atoms with Crippen LogP contribution >= 0.6 is 0 Å². The summed E-state index contributed by atoms with van der Waals surface area (Å²) in [6, 6.07) is 6.29. The molecule has 3 rings (SSSR count). The van der Waals surface area contributed by atoms with Crippen molar-refractivity contribution in [2.45, 2.75) is 25.7 Å². The normalized spacial score (nSPS) is 23.3. The van der Waals surface area contributed by atoms with Gasteiger partial charge in [0.1, 0.15) is 0 Å². The molecule has 2 heterocycles. The number of benzene rings is 1. The van der Waals surface area contributed by atoms with Gasteiger partial charge in [-0.1, -0.05) is 12.1 Å². The van der Waals surface area contributed by atoms with E-state index in [9.17, 15) is 4.79 Å². The fourth-order valence-electron chi connectivity index (χ4n) is 2.89. The van der Waals surface area contributed by atoms with Gasteiger partial charge in [0.2, 0.25) is 5.91 Å². The summed E-state index contributed by atoms with van der Waals surface area (Å²) in [6.07, 6.45) is 3.95. The van der Waals surface area contributed by atoms with Crippen LogP contribution in [0.3, 0.4) is 0 Å². The van der Waals surface area contributed by atoms with Crippen molar-refractivity contribution < 1.29 is 4.79 Å². The van der Waals surface area contributed by atoms with Gasteiger partial charge in [-0.15, -0.1) is 0 Å². The Kier molecular flexibility index (Phi) is 2.85. The lowest BCUT2D eigenvalue weighted by Gasteiger charge is -2.21. The Labute approximate surface area is 102 Å². The Morgan fingerprint density at radius 1 is 1.29 bits per heavy atom. The number of carbonyl (C=O) groups is 1. The zero-order valence-corrected chi connectivity index (χ0v) is 9.96. The number of rotatable bonds is 2. The van der Waals surface area contributed by atoms with Gasteiger partial charge in [-0.05, 0) is 55.5 Å². The molecule has 0 saturated carbocycles. The third kappa shape index (κ3) is 2.20. The van der Waals surface area contributed by atoms with Gasteiger partial charge in [0.15, 0.2) is 0 Å². The average molecular weight is 230 g/mol. The smallest absolute Gasteiger partial charge is 0.224 e. The van der Waals surface area contributed by atoms with Crippen molar-refractivity contribution >= 4 is 11.6 Å². The van der Waals surface area contributed by atoms with E-state index in [1.54, 1.807) is 0 Å². The van der Waals surface area contributed by atoms with Gasteiger partial charge < -0.3 is 10.6 Å². The molecule has 0 aliphatic carbocycles. The number of amides is 1. The van der Waals surface area contributed by atoms with Crippen LogP contribution in [-0.2, 0) is 17.6 Å². The Bertz CT molecular complexity index is 436. The van der Waals surface area contributed by atoms with E-state index in [1.807, 2.05) is 6.07 Å². The van der Waals surface area contributed by atoms with Gasteiger partial charge in [-0.25, -0.2) is 0 Å². The molecule has 2 N–H and O–H groups in total. The van der Waals surface area contributed by atoms with Crippen LogP contribution < -0.4 is 10.6 Å². The second kappa shape index (κ2) is 4.49. The van der Waals surface area contributed by atoms with Gasteiger partial charge in [-0.2, -0.15) is 0 Å². The van der Waals surface area contributed by atoms with E-state index in [1.165, 1.54) is 17.5 Å². The number of hydrogen-bond acceptors (Lipinski definition) is 2. The molecule has 1 unspecified atom stereocenters. The molecule has 0 bridgehead atoms. The highest BCUT2D eigenvalue weighted by Crippen LogP contribution is 2.28. The van der Waals surface area contributed by atoms with Crippen LogP contribution in [0.5, 0.6) is 0 Å². The number of anilines is 1.